The summed E-state index contributed by atoms with van der Waals surface area (Å²) >= 11 is 0. The molecule has 0 bridgehead atoms. The summed E-state index contributed by atoms with van der Waals surface area (Å²) < 4.78 is 5.14. The van der Waals surface area contributed by atoms with Gasteiger partial charge >= 0.3 is 5.69 Å². The zero-order valence-corrected chi connectivity index (χ0v) is 10.6. The molecule has 0 aliphatic heterocycles. The fraction of sp³-hybridized carbons (Fsp3) is 0.333. The number of amides is 1. The number of carbonyl (C=O) groups excluding carboxylic acids is 1. The minimum atomic E-state index is -0.649. The first kappa shape index (κ1) is 14.4. The van der Waals surface area contributed by atoms with E-state index in [2.05, 4.69) is 0 Å². The lowest BCUT2D eigenvalue weighted by Gasteiger charge is -2.14. The Bertz CT molecular complexity index is 536. The molecule has 0 saturated carbocycles. The molecular formula is C12H13N3O4. The van der Waals surface area contributed by atoms with Gasteiger partial charge in [-0.15, -0.1) is 0 Å². The smallest absolute Gasteiger partial charge is 0.312 e. The second-order valence-electron chi connectivity index (χ2n) is 3.75. The van der Waals surface area contributed by atoms with Crippen LogP contribution in [0.25, 0.3) is 0 Å². The van der Waals surface area contributed by atoms with Gasteiger partial charge in [0.2, 0.25) is 0 Å². The molecule has 1 rings (SSSR count). The van der Waals surface area contributed by atoms with Gasteiger partial charge in [0.15, 0.2) is 12.4 Å². The van der Waals surface area contributed by atoms with E-state index in [-0.39, 0.29) is 29.5 Å². The summed E-state index contributed by atoms with van der Waals surface area (Å²) in [7, 11) is 1.61. The van der Waals surface area contributed by atoms with Crippen LogP contribution in [0.4, 0.5) is 5.69 Å². The van der Waals surface area contributed by atoms with Crippen LogP contribution in [0.15, 0.2) is 18.2 Å². The van der Waals surface area contributed by atoms with Gasteiger partial charge in [-0.1, -0.05) is 0 Å². The van der Waals surface area contributed by atoms with Gasteiger partial charge in [0.1, 0.15) is 0 Å². The second-order valence-corrected chi connectivity index (χ2v) is 3.75. The van der Waals surface area contributed by atoms with Crippen molar-refractivity contribution in [2.24, 2.45) is 0 Å². The highest BCUT2D eigenvalue weighted by Gasteiger charge is 2.17. The molecule has 1 aromatic rings. The summed E-state index contributed by atoms with van der Waals surface area (Å²) in [6, 6.07) is 5.64. The van der Waals surface area contributed by atoms with Gasteiger partial charge < -0.3 is 9.64 Å². The van der Waals surface area contributed by atoms with E-state index >= 15 is 0 Å². The van der Waals surface area contributed by atoms with E-state index in [1.54, 1.807) is 13.1 Å². The van der Waals surface area contributed by atoms with Crippen molar-refractivity contribution in [1.82, 2.24) is 4.90 Å². The van der Waals surface area contributed by atoms with Gasteiger partial charge in [-0.3, -0.25) is 14.9 Å². The van der Waals surface area contributed by atoms with E-state index in [9.17, 15) is 14.9 Å². The Balaban J connectivity index is 2.87. The average molecular weight is 263 g/mol. The number of rotatable bonds is 5. The van der Waals surface area contributed by atoms with Gasteiger partial charge in [-0.2, -0.15) is 5.26 Å². The topological polar surface area (TPSA) is 96.5 Å². The number of nitro groups is 1. The van der Waals surface area contributed by atoms with Crippen molar-refractivity contribution in [3.63, 3.8) is 0 Å². The SMILES string of the molecule is CCN(C)C(=O)COc1ccc(C#N)cc1[N+](=O)[O-]. The van der Waals surface area contributed by atoms with E-state index in [1.807, 2.05) is 6.92 Å². The lowest BCUT2D eigenvalue weighted by Crippen LogP contribution is -2.31. The van der Waals surface area contributed by atoms with Crippen molar-refractivity contribution < 1.29 is 14.5 Å². The average Bonchev–Trinajstić information content (AvgIpc) is 2.43. The van der Waals surface area contributed by atoms with Crippen LogP contribution in [0.2, 0.25) is 0 Å². The molecule has 0 aliphatic carbocycles. The van der Waals surface area contributed by atoms with Gasteiger partial charge in [-0.05, 0) is 19.1 Å². The van der Waals surface area contributed by atoms with E-state index in [4.69, 9.17) is 10.00 Å². The third kappa shape index (κ3) is 3.67. The van der Waals surface area contributed by atoms with Crippen LogP contribution in [0.1, 0.15) is 12.5 Å². The molecule has 0 saturated heterocycles. The summed E-state index contributed by atoms with van der Waals surface area (Å²) in [4.78, 5) is 23.2. The predicted octanol–water partition coefficient (Wildman–Crippen LogP) is 1.32. The number of nitro benzene ring substituents is 1. The Morgan fingerprint density at radius 2 is 2.26 bits per heavy atom. The number of nitriles is 1. The van der Waals surface area contributed by atoms with E-state index in [1.165, 1.54) is 17.0 Å². The molecule has 0 unspecified atom stereocenters. The second kappa shape index (κ2) is 6.35. The monoisotopic (exact) mass is 263 g/mol. The third-order valence-electron chi connectivity index (χ3n) is 2.54. The maximum absolute atomic E-state index is 11.5. The first-order valence-electron chi connectivity index (χ1n) is 5.55. The minimum absolute atomic E-state index is 0.0261. The van der Waals surface area contributed by atoms with E-state index in [0.717, 1.165) is 6.07 Å². The molecule has 0 spiro atoms. The number of nitrogens with zero attached hydrogens (tertiary/aromatic N) is 3. The zero-order valence-electron chi connectivity index (χ0n) is 10.6. The summed E-state index contributed by atoms with van der Waals surface area (Å²) in [5, 5.41) is 19.5. The van der Waals surface area contributed by atoms with Crippen molar-refractivity contribution in [1.29, 1.82) is 5.26 Å². The molecule has 0 atom stereocenters. The lowest BCUT2D eigenvalue weighted by atomic mass is 10.2. The van der Waals surface area contributed by atoms with Crippen LogP contribution in [-0.2, 0) is 4.79 Å². The number of carbonyl (C=O) groups is 1. The molecule has 19 heavy (non-hydrogen) atoms. The maximum Gasteiger partial charge on any atom is 0.312 e. The van der Waals surface area contributed by atoms with Crippen LogP contribution in [0.3, 0.4) is 0 Å². The van der Waals surface area contributed by atoms with Crippen LogP contribution >= 0.6 is 0 Å². The molecule has 0 N–H and O–H groups in total. The standard InChI is InChI=1S/C12H13N3O4/c1-3-14(2)12(16)8-19-11-5-4-9(7-13)6-10(11)15(17)18/h4-6H,3,8H2,1-2H3. The number of ether oxygens (including phenoxy) is 1. The Morgan fingerprint density at radius 1 is 1.58 bits per heavy atom. The summed E-state index contributed by atoms with van der Waals surface area (Å²) in [5.74, 6) is -0.303. The molecule has 0 fully saturated rings. The van der Waals surface area contributed by atoms with Crippen LogP contribution < -0.4 is 4.74 Å². The van der Waals surface area contributed by atoms with Gasteiger partial charge in [0, 0.05) is 19.7 Å². The summed E-state index contributed by atoms with van der Waals surface area (Å²) in [5.41, 5.74) is -0.165. The Labute approximate surface area is 110 Å². The van der Waals surface area contributed by atoms with Crippen molar-refractivity contribution >= 4 is 11.6 Å². The predicted molar refractivity (Wildman–Crippen MR) is 66.6 cm³/mol. The highest BCUT2D eigenvalue weighted by Crippen LogP contribution is 2.27. The van der Waals surface area contributed by atoms with Crippen LogP contribution in [0, 0.1) is 21.4 Å². The molecule has 100 valence electrons. The molecule has 0 aliphatic rings. The van der Waals surface area contributed by atoms with Gasteiger partial charge in [-0.25, -0.2) is 0 Å². The molecule has 1 aromatic carbocycles. The third-order valence-corrected chi connectivity index (χ3v) is 2.54. The molecule has 0 heterocycles. The van der Waals surface area contributed by atoms with Crippen LogP contribution in [0.5, 0.6) is 5.75 Å². The summed E-state index contributed by atoms with van der Waals surface area (Å²) in [6.07, 6.45) is 0. The van der Waals surface area contributed by atoms with E-state index < -0.39 is 4.92 Å². The van der Waals surface area contributed by atoms with Gasteiger partial charge in [0.25, 0.3) is 5.91 Å². The first-order valence-corrected chi connectivity index (χ1v) is 5.55. The number of benzene rings is 1. The largest absolute Gasteiger partial charge is 0.477 e. The number of likely N-dealkylation sites (N-methyl/N-ethyl adjacent to an activating group) is 1. The highest BCUT2D eigenvalue weighted by atomic mass is 16.6. The summed E-state index contributed by atoms with van der Waals surface area (Å²) in [6.45, 7) is 2.05. The molecule has 7 nitrogen and oxygen atoms in total. The number of hydrogen-bond donors (Lipinski definition) is 0. The molecule has 1 amide bonds. The number of hydrogen-bond acceptors (Lipinski definition) is 5. The van der Waals surface area contributed by atoms with Gasteiger partial charge in [0.05, 0.1) is 16.6 Å². The van der Waals surface area contributed by atoms with Crippen molar-refractivity contribution in [3.8, 4) is 11.8 Å². The molecule has 7 heteroatoms. The van der Waals surface area contributed by atoms with Crippen molar-refractivity contribution in [2.75, 3.05) is 20.2 Å². The highest BCUT2D eigenvalue weighted by molar-refractivity contribution is 5.77. The Kier molecular flexibility index (Phi) is 4.83. The van der Waals surface area contributed by atoms with Crippen molar-refractivity contribution in [2.45, 2.75) is 6.92 Å². The minimum Gasteiger partial charge on any atom is -0.477 e. The maximum atomic E-state index is 11.5. The van der Waals surface area contributed by atoms with Crippen LogP contribution in [-0.4, -0.2) is 35.9 Å². The Morgan fingerprint density at radius 3 is 2.79 bits per heavy atom. The lowest BCUT2D eigenvalue weighted by molar-refractivity contribution is -0.385. The molecular weight excluding hydrogens is 250 g/mol. The fourth-order valence-corrected chi connectivity index (χ4v) is 1.28. The Hall–Kier alpha value is -2.62. The molecule has 0 aromatic heterocycles. The zero-order chi connectivity index (χ0) is 14.4. The quantitative estimate of drug-likeness (QED) is 0.589. The normalized spacial score (nSPS) is 9.53. The van der Waals surface area contributed by atoms with Crippen molar-refractivity contribution in [3.05, 3.63) is 33.9 Å². The first-order chi connectivity index (χ1) is 8.99. The van der Waals surface area contributed by atoms with E-state index in [0.29, 0.717) is 6.54 Å². The molecule has 0 radical (unpaired) electrons. The fourth-order valence-electron chi connectivity index (χ4n) is 1.28.